The Bertz CT molecular complexity index is 684. The Labute approximate surface area is 113 Å². The minimum absolute atomic E-state index is 0.00583. The molecule has 2 rings (SSSR count). The van der Waals surface area contributed by atoms with Gasteiger partial charge in [0.1, 0.15) is 0 Å². The number of nitrogens with two attached hydrogens (primary N) is 1. The maximum absolute atomic E-state index is 12.6. The van der Waals surface area contributed by atoms with Gasteiger partial charge < -0.3 is 5.73 Å². The predicted molar refractivity (Wildman–Crippen MR) is 78.9 cm³/mol. The first kappa shape index (κ1) is 13.6. The largest absolute Gasteiger partial charge is 0.326 e. The van der Waals surface area contributed by atoms with Crippen molar-refractivity contribution in [1.29, 1.82) is 0 Å². The highest BCUT2D eigenvalue weighted by atomic mass is 16.1. The van der Waals surface area contributed by atoms with E-state index >= 15 is 0 Å². The summed E-state index contributed by atoms with van der Waals surface area (Å²) in [5.41, 5.74) is 11.5. The summed E-state index contributed by atoms with van der Waals surface area (Å²) in [5.74, 6) is 0. The second-order valence-corrected chi connectivity index (χ2v) is 5.01. The van der Waals surface area contributed by atoms with E-state index in [4.69, 9.17) is 5.73 Å². The highest BCUT2D eigenvalue weighted by molar-refractivity contribution is 5.47. The Kier molecular flexibility index (Phi) is 3.58. The molecule has 0 radical (unpaired) electrons. The van der Waals surface area contributed by atoms with Gasteiger partial charge in [-0.15, -0.1) is 0 Å². The lowest BCUT2D eigenvalue weighted by molar-refractivity contribution is 0.869. The molecule has 0 fully saturated rings. The first-order valence-electron chi connectivity index (χ1n) is 6.46. The Morgan fingerprint density at radius 3 is 2.42 bits per heavy atom. The van der Waals surface area contributed by atoms with Crippen LogP contribution >= 0.6 is 0 Å². The van der Waals surface area contributed by atoms with E-state index in [1.165, 1.54) is 5.56 Å². The molecular weight excluding hydrogens is 236 g/mol. The van der Waals surface area contributed by atoms with Gasteiger partial charge >= 0.3 is 0 Å². The molecule has 0 amide bonds. The number of benzene rings is 1. The number of hydrogen-bond donors (Lipinski definition) is 1. The van der Waals surface area contributed by atoms with Crippen molar-refractivity contribution in [3.8, 4) is 5.69 Å². The molecule has 19 heavy (non-hydrogen) atoms. The summed E-state index contributed by atoms with van der Waals surface area (Å²) >= 11 is 0. The lowest BCUT2D eigenvalue weighted by Gasteiger charge is -2.16. The van der Waals surface area contributed by atoms with Gasteiger partial charge in [0.25, 0.3) is 5.56 Å². The average molecular weight is 256 g/mol. The van der Waals surface area contributed by atoms with Gasteiger partial charge in [-0.1, -0.05) is 12.1 Å². The van der Waals surface area contributed by atoms with Crippen molar-refractivity contribution in [2.75, 3.05) is 0 Å². The van der Waals surface area contributed by atoms with Crippen LogP contribution in [0, 0.1) is 27.7 Å². The number of hydrogen-bond acceptors (Lipinski definition) is 2. The van der Waals surface area contributed by atoms with E-state index in [0.717, 1.165) is 22.5 Å². The minimum Gasteiger partial charge on any atom is -0.326 e. The molecule has 1 heterocycles. The molecule has 0 saturated heterocycles. The molecule has 3 nitrogen and oxygen atoms in total. The molecule has 0 aliphatic carbocycles. The molecule has 0 spiro atoms. The minimum atomic E-state index is -0.00583. The van der Waals surface area contributed by atoms with Gasteiger partial charge in [-0.25, -0.2) is 0 Å². The average Bonchev–Trinajstić information content (AvgIpc) is 2.34. The molecule has 2 aromatic rings. The van der Waals surface area contributed by atoms with Crippen LogP contribution in [0.2, 0.25) is 0 Å². The van der Waals surface area contributed by atoms with E-state index in [-0.39, 0.29) is 12.1 Å². The van der Waals surface area contributed by atoms with Crippen LogP contribution in [-0.4, -0.2) is 4.57 Å². The molecule has 1 aromatic heterocycles. The fourth-order valence-electron chi connectivity index (χ4n) is 2.45. The van der Waals surface area contributed by atoms with Crippen LogP contribution in [-0.2, 0) is 6.54 Å². The maximum atomic E-state index is 12.6. The number of aryl methyl sites for hydroxylation is 3. The van der Waals surface area contributed by atoms with Gasteiger partial charge in [-0.2, -0.15) is 0 Å². The lowest BCUT2D eigenvalue weighted by atomic mass is 10.1. The van der Waals surface area contributed by atoms with E-state index in [1.807, 2.05) is 39.0 Å². The zero-order valence-corrected chi connectivity index (χ0v) is 11.9. The van der Waals surface area contributed by atoms with E-state index in [0.29, 0.717) is 5.56 Å². The Hall–Kier alpha value is -1.87. The van der Waals surface area contributed by atoms with E-state index < -0.39 is 0 Å². The van der Waals surface area contributed by atoms with Crippen LogP contribution in [0.5, 0.6) is 0 Å². The summed E-state index contributed by atoms with van der Waals surface area (Å²) in [6.07, 6.45) is 0. The summed E-state index contributed by atoms with van der Waals surface area (Å²) in [5, 5.41) is 0. The molecule has 0 aliphatic heterocycles. The number of rotatable bonds is 2. The standard InChI is InChI=1S/C16H20N2O/c1-10-6-5-7-15(13(10)4)18-12(3)8-11(2)14(9-17)16(18)19/h5-8H,9,17H2,1-4H3. The molecule has 0 aliphatic rings. The van der Waals surface area contributed by atoms with Gasteiger partial charge in [0.05, 0.1) is 5.69 Å². The Morgan fingerprint density at radius 1 is 1.11 bits per heavy atom. The van der Waals surface area contributed by atoms with Gasteiger partial charge in [0, 0.05) is 17.8 Å². The van der Waals surface area contributed by atoms with Crippen LogP contribution in [0.1, 0.15) is 27.9 Å². The SMILES string of the molecule is Cc1cccc(-n2c(C)cc(C)c(CN)c2=O)c1C. The van der Waals surface area contributed by atoms with Gasteiger partial charge in [-0.3, -0.25) is 9.36 Å². The second kappa shape index (κ2) is 5.02. The molecule has 0 saturated carbocycles. The van der Waals surface area contributed by atoms with Crippen molar-refractivity contribution in [2.45, 2.75) is 34.2 Å². The van der Waals surface area contributed by atoms with Crippen LogP contribution in [0.15, 0.2) is 29.1 Å². The molecule has 0 bridgehead atoms. The highest BCUT2D eigenvalue weighted by Gasteiger charge is 2.12. The van der Waals surface area contributed by atoms with Gasteiger partial charge in [0.2, 0.25) is 0 Å². The molecule has 0 atom stereocenters. The molecule has 3 heteroatoms. The van der Waals surface area contributed by atoms with Crippen molar-refractivity contribution in [3.63, 3.8) is 0 Å². The number of pyridine rings is 1. The van der Waals surface area contributed by atoms with Crippen molar-refractivity contribution in [1.82, 2.24) is 4.57 Å². The highest BCUT2D eigenvalue weighted by Crippen LogP contribution is 2.18. The molecule has 1 aromatic carbocycles. The Balaban J connectivity index is 2.83. The smallest absolute Gasteiger partial charge is 0.260 e. The second-order valence-electron chi connectivity index (χ2n) is 5.01. The van der Waals surface area contributed by atoms with Crippen molar-refractivity contribution >= 4 is 0 Å². The summed E-state index contributed by atoms with van der Waals surface area (Å²) in [4.78, 5) is 12.6. The van der Waals surface area contributed by atoms with Crippen LogP contribution in [0.25, 0.3) is 5.69 Å². The number of aromatic nitrogens is 1. The maximum Gasteiger partial charge on any atom is 0.260 e. The molecule has 100 valence electrons. The van der Waals surface area contributed by atoms with Crippen molar-refractivity contribution < 1.29 is 0 Å². The monoisotopic (exact) mass is 256 g/mol. The van der Waals surface area contributed by atoms with E-state index in [2.05, 4.69) is 13.0 Å². The molecular formula is C16H20N2O. The van der Waals surface area contributed by atoms with Gasteiger partial charge in [-0.05, 0) is 56.5 Å². The summed E-state index contributed by atoms with van der Waals surface area (Å²) in [7, 11) is 0. The quantitative estimate of drug-likeness (QED) is 0.897. The van der Waals surface area contributed by atoms with Gasteiger partial charge in [0.15, 0.2) is 0 Å². The lowest BCUT2D eigenvalue weighted by Crippen LogP contribution is -2.27. The summed E-state index contributed by atoms with van der Waals surface area (Å²) in [6.45, 7) is 8.26. The fraction of sp³-hybridized carbons (Fsp3) is 0.312. The molecule has 0 unspecified atom stereocenters. The number of nitrogens with zero attached hydrogens (tertiary/aromatic N) is 1. The van der Waals surface area contributed by atoms with Crippen LogP contribution in [0.4, 0.5) is 0 Å². The van der Waals surface area contributed by atoms with E-state index in [1.54, 1.807) is 4.57 Å². The zero-order valence-electron chi connectivity index (χ0n) is 11.9. The van der Waals surface area contributed by atoms with Crippen LogP contribution < -0.4 is 11.3 Å². The first-order chi connectivity index (χ1) is 8.97. The normalized spacial score (nSPS) is 10.8. The topological polar surface area (TPSA) is 48.0 Å². The van der Waals surface area contributed by atoms with Crippen LogP contribution in [0.3, 0.4) is 0 Å². The summed E-state index contributed by atoms with van der Waals surface area (Å²) < 4.78 is 1.76. The van der Waals surface area contributed by atoms with Crippen molar-refractivity contribution in [2.24, 2.45) is 5.73 Å². The predicted octanol–water partition coefficient (Wildman–Crippen LogP) is 2.53. The third-order valence-corrected chi connectivity index (χ3v) is 3.74. The van der Waals surface area contributed by atoms with Crippen molar-refractivity contribution in [3.05, 3.63) is 62.6 Å². The fourth-order valence-corrected chi connectivity index (χ4v) is 2.45. The summed E-state index contributed by atoms with van der Waals surface area (Å²) in [6, 6.07) is 8.03. The third kappa shape index (κ3) is 2.22. The Morgan fingerprint density at radius 2 is 1.79 bits per heavy atom. The third-order valence-electron chi connectivity index (χ3n) is 3.74. The first-order valence-corrected chi connectivity index (χ1v) is 6.46. The van der Waals surface area contributed by atoms with E-state index in [9.17, 15) is 4.79 Å². The zero-order chi connectivity index (χ0) is 14.2. The molecule has 2 N–H and O–H groups in total.